The number of hydrogen-bond acceptors (Lipinski definition) is 6. The second kappa shape index (κ2) is 8.75. The van der Waals surface area contributed by atoms with Crippen LogP contribution in [-0.2, 0) is 9.47 Å². The van der Waals surface area contributed by atoms with Gasteiger partial charge in [-0.2, -0.15) is 0 Å². The molecule has 2 aliphatic heterocycles. The van der Waals surface area contributed by atoms with Gasteiger partial charge in [-0.25, -0.2) is 23.5 Å². The average Bonchev–Trinajstić information content (AvgIpc) is 3.10. The zero-order chi connectivity index (χ0) is 24.9. The first-order chi connectivity index (χ1) is 16.6. The van der Waals surface area contributed by atoms with Crippen LogP contribution in [0.15, 0.2) is 30.7 Å². The van der Waals surface area contributed by atoms with Crippen molar-refractivity contribution >= 4 is 22.9 Å². The second-order valence-corrected chi connectivity index (χ2v) is 10.2. The number of aromatic nitrogens is 3. The molecule has 0 radical (unpaired) electrons. The van der Waals surface area contributed by atoms with Gasteiger partial charge in [-0.3, -0.25) is 0 Å². The van der Waals surface area contributed by atoms with Crippen LogP contribution in [-0.4, -0.2) is 70.0 Å². The SMILES string of the molecule is C[C@H]1CN(C(=O)OC(C)(C)C)CCN1c1ncnc2c1c(C1COC1)cn2-c1cc(F)cc(F)c1. The molecule has 2 aromatic heterocycles. The normalized spacial score (nSPS) is 19.2. The van der Waals surface area contributed by atoms with Crippen LogP contribution in [0.25, 0.3) is 16.7 Å². The summed E-state index contributed by atoms with van der Waals surface area (Å²) in [7, 11) is 0. The minimum Gasteiger partial charge on any atom is -0.444 e. The highest BCUT2D eigenvalue weighted by molar-refractivity contribution is 5.93. The molecule has 35 heavy (non-hydrogen) atoms. The molecule has 3 aromatic rings. The number of hydrogen-bond donors (Lipinski definition) is 0. The largest absolute Gasteiger partial charge is 0.444 e. The van der Waals surface area contributed by atoms with E-state index in [2.05, 4.69) is 14.9 Å². The van der Waals surface area contributed by atoms with Gasteiger partial charge in [0.1, 0.15) is 35.0 Å². The first-order valence-electron chi connectivity index (χ1n) is 11.8. The standard InChI is InChI=1S/C25H29F2N5O3/c1-15-10-30(24(33)35-25(2,3)4)5-6-31(15)22-21-20(16-12-34-13-16)11-32(23(21)29-14-28-22)19-8-17(26)7-18(27)9-19/h7-9,11,14-16H,5-6,10,12-13H2,1-4H3/t15-/m0/s1. The highest BCUT2D eigenvalue weighted by Gasteiger charge is 2.34. The molecule has 1 aromatic carbocycles. The number of carbonyl (C=O) groups excluding carboxylic acids is 1. The number of fused-ring (bicyclic) bond motifs is 1. The molecule has 0 saturated carbocycles. The summed E-state index contributed by atoms with van der Waals surface area (Å²) in [5.41, 5.74) is 1.35. The third kappa shape index (κ3) is 4.54. The number of amides is 1. The predicted octanol–water partition coefficient (Wildman–Crippen LogP) is 4.26. The van der Waals surface area contributed by atoms with Crippen molar-refractivity contribution in [1.29, 1.82) is 0 Å². The smallest absolute Gasteiger partial charge is 0.410 e. The Hall–Kier alpha value is -3.27. The molecular weight excluding hydrogens is 456 g/mol. The van der Waals surface area contributed by atoms with Gasteiger partial charge in [-0.1, -0.05) is 0 Å². The van der Waals surface area contributed by atoms with Crippen molar-refractivity contribution in [2.24, 2.45) is 0 Å². The summed E-state index contributed by atoms with van der Waals surface area (Å²) in [5, 5.41) is 0.836. The minimum absolute atomic E-state index is 0.0326. The van der Waals surface area contributed by atoms with Crippen molar-refractivity contribution in [3.8, 4) is 5.69 Å². The van der Waals surface area contributed by atoms with Gasteiger partial charge in [0.05, 0.1) is 24.3 Å². The molecule has 186 valence electrons. The van der Waals surface area contributed by atoms with Gasteiger partial charge in [0, 0.05) is 43.9 Å². The monoisotopic (exact) mass is 485 g/mol. The summed E-state index contributed by atoms with van der Waals surface area (Å²) in [6, 6.07) is 3.39. The molecule has 2 aliphatic rings. The Labute approximate surface area is 202 Å². The van der Waals surface area contributed by atoms with E-state index in [0.717, 1.165) is 22.8 Å². The lowest BCUT2D eigenvalue weighted by Gasteiger charge is -2.41. The van der Waals surface area contributed by atoms with E-state index in [4.69, 9.17) is 9.47 Å². The van der Waals surface area contributed by atoms with Crippen LogP contribution in [0.5, 0.6) is 0 Å². The first-order valence-corrected chi connectivity index (χ1v) is 11.8. The molecule has 1 atom stereocenters. The van der Waals surface area contributed by atoms with E-state index in [9.17, 15) is 13.6 Å². The second-order valence-electron chi connectivity index (χ2n) is 10.2. The van der Waals surface area contributed by atoms with Gasteiger partial charge < -0.3 is 23.8 Å². The number of benzene rings is 1. The van der Waals surface area contributed by atoms with E-state index < -0.39 is 17.2 Å². The van der Waals surface area contributed by atoms with Crippen LogP contribution >= 0.6 is 0 Å². The lowest BCUT2D eigenvalue weighted by molar-refractivity contribution is 0.00895. The summed E-state index contributed by atoms with van der Waals surface area (Å²) in [5.74, 6) is -0.433. The molecule has 4 heterocycles. The highest BCUT2D eigenvalue weighted by atomic mass is 19.1. The van der Waals surface area contributed by atoms with Crippen LogP contribution in [0.3, 0.4) is 0 Å². The zero-order valence-electron chi connectivity index (χ0n) is 20.3. The number of ether oxygens (including phenoxy) is 2. The Morgan fingerprint density at radius 2 is 1.83 bits per heavy atom. The summed E-state index contributed by atoms with van der Waals surface area (Å²) in [6.45, 7) is 10.2. The van der Waals surface area contributed by atoms with Crippen LogP contribution < -0.4 is 4.90 Å². The van der Waals surface area contributed by atoms with Gasteiger partial charge in [0.25, 0.3) is 0 Å². The summed E-state index contributed by atoms with van der Waals surface area (Å²) < 4.78 is 40.7. The summed E-state index contributed by atoms with van der Waals surface area (Å²) >= 11 is 0. The van der Waals surface area contributed by atoms with Crippen molar-refractivity contribution in [3.63, 3.8) is 0 Å². The lowest BCUT2D eigenvalue weighted by atomic mass is 9.97. The Morgan fingerprint density at radius 1 is 1.11 bits per heavy atom. The number of nitrogens with zero attached hydrogens (tertiary/aromatic N) is 5. The summed E-state index contributed by atoms with van der Waals surface area (Å²) in [4.78, 5) is 25.6. The minimum atomic E-state index is -0.656. The van der Waals surface area contributed by atoms with E-state index >= 15 is 0 Å². The average molecular weight is 486 g/mol. The van der Waals surface area contributed by atoms with Crippen LogP contribution in [0.4, 0.5) is 19.4 Å². The van der Waals surface area contributed by atoms with Crippen LogP contribution in [0, 0.1) is 11.6 Å². The Balaban J connectivity index is 1.53. The Kier molecular flexibility index (Phi) is 5.86. The molecule has 1 amide bonds. The van der Waals surface area contributed by atoms with Crippen molar-refractivity contribution < 1.29 is 23.0 Å². The predicted molar refractivity (Wildman–Crippen MR) is 127 cm³/mol. The van der Waals surface area contributed by atoms with Gasteiger partial charge in [0.15, 0.2) is 0 Å². The Morgan fingerprint density at radius 3 is 2.43 bits per heavy atom. The third-order valence-corrected chi connectivity index (χ3v) is 6.35. The molecule has 2 saturated heterocycles. The molecule has 0 N–H and O–H groups in total. The number of rotatable bonds is 3. The maximum absolute atomic E-state index is 14.0. The van der Waals surface area contributed by atoms with E-state index in [1.807, 2.05) is 33.9 Å². The van der Waals surface area contributed by atoms with E-state index in [0.29, 0.717) is 44.2 Å². The highest BCUT2D eigenvalue weighted by Crippen LogP contribution is 2.38. The quantitative estimate of drug-likeness (QED) is 0.552. The molecule has 10 heteroatoms. The zero-order valence-corrected chi connectivity index (χ0v) is 20.3. The topological polar surface area (TPSA) is 72.7 Å². The van der Waals surface area contributed by atoms with Crippen molar-refractivity contribution in [3.05, 3.63) is 47.9 Å². The molecule has 0 spiro atoms. The lowest BCUT2D eigenvalue weighted by Crippen LogP contribution is -2.55. The van der Waals surface area contributed by atoms with Gasteiger partial charge in [0.2, 0.25) is 0 Å². The fourth-order valence-corrected chi connectivity index (χ4v) is 4.66. The molecule has 2 fully saturated rings. The molecule has 8 nitrogen and oxygen atoms in total. The van der Waals surface area contributed by atoms with Crippen LogP contribution in [0.1, 0.15) is 39.2 Å². The third-order valence-electron chi connectivity index (χ3n) is 6.35. The molecule has 0 aliphatic carbocycles. The maximum atomic E-state index is 14.0. The fourth-order valence-electron chi connectivity index (χ4n) is 4.66. The van der Waals surface area contributed by atoms with Crippen LogP contribution in [0.2, 0.25) is 0 Å². The molecule has 0 bridgehead atoms. The van der Waals surface area contributed by atoms with E-state index in [-0.39, 0.29) is 18.1 Å². The number of carbonyl (C=O) groups is 1. The molecule has 5 rings (SSSR count). The fraction of sp³-hybridized carbons (Fsp3) is 0.480. The maximum Gasteiger partial charge on any atom is 0.410 e. The van der Waals surface area contributed by atoms with Gasteiger partial charge in [-0.15, -0.1) is 0 Å². The molecule has 0 unspecified atom stereocenters. The van der Waals surface area contributed by atoms with Gasteiger partial charge >= 0.3 is 6.09 Å². The molecular formula is C25H29F2N5O3. The van der Waals surface area contributed by atoms with Crippen molar-refractivity contribution in [2.75, 3.05) is 37.7 Å². The number of piperazine rings is 1. The van der Waals surface area contributed by atoms with Crippen molar-refractivity contribution in [1.82, 2.24) is 19.4 Å². The van der Waals surface area contributed by atoms with Gasteiger partial charge in [-0.05, 0) is 45.4 Å². The van der Waals surface area contributed by atoms with Crippen molar-refractivity contribution in [2.45, 2.75) is 45.3 Å². The summed E-state index contributed by atoms with van der Waals surface area (Å²) in [6.07, 6.45) is 3.02. The van der Waals surface area contributed by atoms with E-state index in [1.165, 1.54) is 18.5 Å². The number of anilines is 1. The van der Waals surface area contributed by atoms with E-state index in [1.54, 1.807) is 9.47 Å². The Bertz CT molecular complexity index is 1250. The number of halogens is 2. The first kappa shape index (κ1) is 23.5.